The number of amides is 2. The van der Waals surface area contributed by atoms with Gasteiger partial charge in [0.25, 0.3) is 5.91 Å². The number of anilines is 2. The summed E-state index contributed by atoms with van der Waals surface area (Å²) in [6.45, 7) is 2.38. The molecule has 0 atom stereocenters. The Morgan fingerprint density at radius 3 is 2.36 bits per heavy atom. The largest absolute Gasteiger partial charge is 0.485 e. The van der Waals surface area contributed by atoms with Gasteiger partial charge in [-0.25, -0.2) is 0 Å². The minimum Gasteiger partial charge on any atom is -0.485 e. The molecule has 0 unspecified atom stereocenters. The van der Waals surface area contributed by atoms with Crippen molar-refractivity contribution in [1.82, 2.24) is 0 Å². The van der Waals surface area contributed by atoms with E-state index in [0.717, 1.165) is 0 Å². The van der Waals surface area contributed by atoms with Crippen molar-refractivity contribution < 1.29 is 19.1 Å². The fourth-order valence-corrected chi connectivity index (χ4v) is 2.87. The Morgan fingerprint density at radius 1 is 1.05 bits per heavy atom. The van der Waals surface area contributed by atoms with Crippen LogP contribution in [0.15, 0.2) is 29.6 Å². The Kier molecular flexibility index (Phi) is 3.97. The van der Waals surface area contributed by atoms with Crippen molar-refractivity contribution in [2.45, 2.75) is 6.92 Å². The van der Waals surface area contributed by atoms with E-state index in [9.17, 15) is 9.59 Å². The van der Waals surface area contributed by atoms with Gasteiger partial charge in [-0.05, 0) is 24.3 Å². The van der Waals surface area contributed by atoms with Crippen molar-refractivity contribution in [3.05, 3.63) is 34.5 Å². The van der Waals surface area contributed by atoms with E-state index < -0.39 is 0 Å². The van der Waals surface area contributed by atoms with E-state index in [1.807, 2.05) is 0 Å². The number of nitrogens with one attached hydrogen (secondary N) is 2. The molecular weight excluding hydrogens is 304 g/mol. The summed E-state index contributed by atoms with van der Waals surface area (Å²) in [6.07, 6.45) is 0. The zero-order valence-electron chi connectivity index (χ0n) is 11.8. The molecule has 3 rings (SSSR count). The maximum absolute atomic E-state index is 12.3. The minimum absolute atomic E-state index is 0.140. The van der Waals surface area contributed by atoms with Gasteiger partial charge in [0.15, 0.2) is 11.5 Å². The molecule has 0 fully saturated rings. The molecule has 0 saturated heterocycles. The summed E-state index contributed by atoms with van der Waals surface area (Å²) in [5.74, 6) is 0.731. The molecule has 6 nitrogen and oxygen atoms in total. The second kappa shape index (κ2) is 6.07. The van der Waals surface area contributed by atoms with Gasteiger partial charge in [-0.15, -0.1) is 11.3 Å². The van der Waals surface area contributed by atoms with E-state index in [1.54, 1.807) is 29.6 Å². The SMILES string of the molecule is CC(=O)Nc1ccc(NC(=O)c2scc3c2OCCO3)cc1. The molecule has 2 aromatic rings. The monoisotopic (exact) mass is 318 g/mol. The molecule has 0 bridgehead atoms. The Bertz CT molecular complexity index is 709. The molecule has 1 aliphatic rings. The number of hydrogen-bond donors (Lipinski definition) is 2. The van der Waals surface area contributed by atoms with E-state index in [2.05, 4.69) is 10.6 Å². The van der Waals surface area contributed by atoms with Gasteiger partial charge in [0, 0.05) is 23.7 Å². The summed E-state index contributed by atoms with van der Waals surface area (Å²) in [6, 6.07) is 6.89. The highest BCUT2D eigenvalue weighted by Gasteiger charge is 2.23. The van der Waals surface area contributed by atoms with E-state index in [4.69, 9.17) is 9.47 Å². The number of benzene rings is 1. The van der Waals surface area contributed by atoms with Crippen LogP contribution in [0.2, 0.25) is 0 Å². The fraction of sp³-hybridized carbons (Fsp3) is 0.200. The lowest BCUT2D eigenvalue weighted by atomic mass is 10.2. The summed E-state index contributed by atoms with van der Waals surface area (Å²) in [7, 11) is 0. The minimum atomic E-state index is -0.246. The normalized spacial score (nSPS) is 12.6. The maximum Gasteiger partial charge on any atom is 0.269 e. The smallest absolute Gasteiger partial charge is 0.269 e. The Balaban J connectivity index is 1.71. The predicted octanol–water partition coefficient (Wildman–Crippen LogP) is 2.73. The molecule has 0 radical (unpaired) electrons. The van der Waals surface area contributed by atoms with Crippen LogP contribution in [0, 0.1) is 0 Å². The summed E-state index contributed by atoms with van der Waals surface area (Å²) in [4.78, 5) is 23.8. The molecular formula is C15H14N2O4S. The van der Waals surface area contributed by atoms with Crippen molar-refractivity contribution in [3.8, 4) is 11.5 Å². The van der Waals surface area contributed by atoms with Gasteiger partial charge in [0.05, 0.1) is 0 Å². The third-order valence-electron chi connectivity index (χ3n) is 2.97. The van der Waals surface area contributed by atoms with E-state index >= 15 is 0 Å². The van der Waals surface area contributed by atoms with Gasteiger partial charge in [-0.1, -0.05) is 0 Å². The number of carbonyl (C=O) groups is 2. The first-order chi connectivity index (χ1) is 10.6. The molecule has 0 aliphatic carbocycles. The number of rotatable bonds is 3. The van der Waals surface area contributed by atoms with Crippen LogP contribution in [-0.4, -0.2) is 25.0 Å². The second-order valence-electron chi connectivity index (χ2n) is 4.67. The second-order valence-corrected chi connectivity index (χ2v) is 5.55. The van der Waals surface area contributed by atoms with E-state index in [0.29, 0.717) is 41.0 Å². The summed E-state index contributed by atoms with van der Waals surface area (Å²) < 4.78 is 10.9. The van der Waals surface area contributed by atoms with Crippen molar-refractivity contribution >= 4 is 34.5 Å². The topological polar surface area (TPSA) is 76.7 Å². The van der Waals surface area contributed by atoms with Crippen molar-refractivity contribution in [3.63, 3.8) is 0 Å². The number of thiophene rings is 1. The predicted molar refractivity (Wildman–Crippen MR) is 84.0 cm³/mol. The van der Waals surface area contributed by atoms with Gasteiger partial charge in [0.2, 0.25) is 5.91 Å². The lowest BCUT2D eigenvalue weighted by Gasteiger charge is -2.15. The summed E-state index contributed by atoms with van der Waals surface area (Å²) in [5.41, 5.74) is 1.31. The van der Waals surface area contributed by atoms with Crippen LogP contribution >= 0.6 is 11.3 Å². The number of fused-ring (bicyclic) bond motifs is 1. The first kappa shape index (κ1) is 14.4. The van der Waals surface area contributed by atoms with Crippen LogP contribution in [0.1, 0.15) is 16.6 Å². The van der Waals surface area contributed by atoms with Gasteiger partial charge in [0.1, 0.15) is 18.1 Å². The van der Waals surface area contributed by atoms with Crippen molar-refractivity contribution in [1.29, 1.82) is 0 Å². The third kappa shape index (κ3) is 3.04. The highest BCUT2D eigenvalue weighted by atomic mass is 32.1. The van der Waals surface area contributed by atoms with Crippen LogP contribution in [0.4, 0.5) is 11.4 Å². The third-order valence-corrected chi connectivity index (χ3v) is 3.91. The maximum atomic E-state index is 12.3. The lowest BCUT2D eigenvalue weighted by Crippen LogP contribution is -2.17. The Hall–Kier alpha value is -2.54. The molecule has 2 heterocycles. The van der Waals surface area contributed by atoms with E-state index in [-0.39, 0.29) is 11.8 Å². The Labute approximate surface area is 131 Å². The average molecular weight is 318 g/mol. The Morgan fingerprint density at radius 2 is 1.68 bits per heavy atom. The molecule has 7 heteroatoms. The van der Waals surface area contributed by atoms with Crippen LogP contribution in [0.25, 0.3) is 0 Å². The highest BCUT2D eigenvalue weighted by Crippen LogP contribution is 2.39. The molecule has 2 N–H and O–H groups in total. The molecule has 1 aromatic carbocycles. The van der Waals surface area contributed by atoms with Crippen molar-refractivity contribution in [2.24, 2.45) is 0 Å². The van der Waals surface area contributed by atoms with Crippen LogP contribution in [0.3, 0.4) is 0 Å². The molecule has 22 heavy (non-hydrogen) atoms. The number of hydrogen-bond acceptors (Lipinski definition) is 5. The molecule has 1 aliphatic heterocycles. The lowest BCUT2D eigenvalue weighted by molar-refractivity contribution is -0.114. The van der Waals surface area contributed by atoms with Gasteiger partial charge in [-0.3, -0.25) is 9.59 Å². The van der Waals surface area contributed by atoms with Crippen molar-refractivity contribution in [2.75, 3.05) is 23.8 Å². The highest BCUT2D eigenvalue weighted by molar-refractivity contribution is 7.13. The standard InChI is InChI=1S/C15H14N2O4S/c1-9(18)16-10-2-4-11(5-3-10)17-15(19)14-13-12(8-22-14)20-6-7-21-13/h2-5,8H,6-7H2,1H3,(H,16,18)(H,17,19). The van der Waals surface area contributed by atoms with E-state index in [1.165, 1.54) is 18.3 Å². The van der Waals surface area contributed by atoms with Crippen LogP contribution in [-0.2, 0) is 4.79 Å². The molecule has 114 valence electrons. The molecule has 2 amide bonds. The van der Waals surface area contributed by atoms with Gasteiger partial charge in [-0.2, -0.15) is 0 Å². The summed E-state index contributed by atoms with van der Waals surface area (Å²) in [5, 5.41) is 7.23. The van der Waals surface area contributed by atoms with Crippen LogP contribution < -0.4 is 20.1 Å². The summed E-state index contributed by atoms with van der Waals surface area (Å²) >= 11 is 1.29. The van der Waals surface area contributed by atoms with Crippen LogP contribution in [0.5, 0.6) is 11.5 Å². The number of carbonyl (C=O) groups excluding carboxylic acids is 2. The molecule has 0 spiro atoms. The van der Waals surface area contributed by atoms with Gasteiger partial charge >= 0.3 is 0 Å². The zero-order chi connectivity index (χ0) is 15.5. The first-order valence-corrected chi connectivity index (χ1v) is 7.57. The first-order valence-electron chi connectivity index (χ1n) is 6.69. The molecule has 0 saturated carbocycles. The fourth-order valence-electron chi connectivity index (χ4n) is 2.05. The average Bonchev–Trinajstić information content (AvgIpc) is 2.93. The zero-order valence-corrected chi connectivity index (χ0v) is 12.7. The molecule has 1 aromatic heterocycles. The number of ether oxygens (including phenoxy) is 2. The van der Waals surface area contributed by atoms with Gasteiger partial charge < -0.3 is 20.1 Å². The quantitative estimate of drug-likeness (QED) is 0.912.